The van der Waals surface area contributed by atoms with Crippen LogP contribution in [0.3, 0.4) is 0 Å². The Hall–Kier alpha value is 0.773. The first-order chi connectivity index (χ1) is 5.12. The zero-order valence-corrected chi connectivity index (χ0v) is 11.8. The Labute approximate surface area is 87.2 Å². The molecule has 0 amide bonds. The zero-order valence-electron chi connectivity index (χ0n) is 7.95. The van der Waals surface area contributed by atoms with Crippen LogP contribution in [0.4, 0.5) is 0 Å². The first-order valence-corrected chi connectivity index (χ1v) is 5.85. The number of hydrogen-bond donors (Lipinski definition) is 1. The van der Waals surface area contributed by atoms with E-state index in [1.807, 2.05) is 13.8 Å². The van der Waals surface area contributed by atoms with Gasteiger partial charge in [0.25, 0.3) is 0 Å². The molecule has 12 heavy (non-hydrogen) atoms. The van der Waals surface area contributed by atoms with Crippen molar-refractivity contribution in [1.82, 2.24) is 0 Å². The second-order valence-electron chi connectivity index (χ2n) is 2.55. The van der Waals surface area contributed by atoms with Crippen molar-refractivity contribution >= 4 is 7.60 Å². The van der Waals surface area contributed by atoms with Gasteiger partial charge in [-0.15, -0.1) is 0 Å². The maximum absolute atomic E-state index is 11.0. The summed E-state index contributed by atoms with van der Waals surface area (Å²) in [6.45, 7) is 4.29. The third-order valence-electron chi connectivity index (χ3n) is 1.30. The van der Waals surface area contributed by atoms with Crippen molar-refractivity contribution in [2.24, 2.45) is 0 Å². The summed E-state index contributed by atoms with van der Waals surface area (Å²) in [4.78, 5) is 9.07. The first kappa shape index (κ1) is 15.3. The largest absolute Gasteiger partial charge is 0.328 e. The van der Waals surface area contributed by atoms with Crippen molar-refractivity contribution < 1.29 is 33.5 Å². The van der Waals surface area contributed by atoms with Crippen LogP contribution in [0.25, 0.3) is 0 Å². The van der Waals surface area contributed by atoms with Crippen LogP contribution >= 0.6 is 7.60 Å². The fourth-order valence-electron chi connectivity index (χ4n) is 0.699. The molecule has 0 aliphatic heterocycles. The normalized spacial score (nSPS) is 14.9. The van der Waals surface area contributed by atoms with Gasteiger partial charge in [0.15, 0.2) is 0 Å². The van der Waals surface area contributed by atoms with E-state index in [1.165, 1.54) is 0 Å². The summed E-state index contributed by atoms with van der Waals surface area (Å²) in [6.07, 6.45) is 2.82. The minimum Gasteiger partial charge on any atom is -0.324 e. The quantitative estimate of drug-likeness (QED) is 0.444. The Morgan fingerprint density at radius 2 is 1.92 bits per heavy atom. The molecule has 0 rings (SSSR count). The van der Waals surface area contributed by atoms with Gasteiger partial charge in [-0.05, 0) is 12.8 Å². The van der Waals surface area contributed by atoms with Crippen LogP contribution in [0.5, 0.6) is 0 Å². The van der Waals surface area contributed by atoms with Gasteiger partial charge in [-0.2, -0.15) is 0 Å². The Morgan fingerprint density at radius 1 is 1.33 bits per heavy atom. The smallest absolute Gasteiger partial charge is 0.324 e. The summed E-state index contributed by atoms with van der Waals surface area (Å²) in [5.74, 6) is 0. The van der Waals surface area contributed by atoms with E-state index in [-0.39, 0.29) is 25.6 Å². The van der Waals surface area contributed by atoms with E-state index in [1.54, 1.807) is 0 Å². The summed E-state index contributed by atoms with van der Waals surface area (Å²) < 4.78 is 15.8. The molecule has 0 heterocycles. The summed E-state index contributed by atoms with van der Waals surface area (Å²) in [5, 5.41) is 0. The summed E-state index contributed by atoms with van der Waals surface area (Å²) >= 11 is 0. The number of hydrogen-bond acceptors (Lipinski definition) is 2. The van der Waals surface area contributed by atoms with E-state index in [2.05, 4.69) is 0 Å². The first-order valence-electron chi connectivity index (χ1n) is 4.08. The molecule has 1 atom stereocenters. The van der Waals surface area contributed by atoms with Gasteiger partial charge in [-0.25, -0.2) is 0 Å². The van der Waals surface area contributed by atoms with E-state index in [0.717, 1.165) is 12.8 Å². The van der Waals surface area contributed by atoms with E-state index < -0.39 is 7.60 Å². The van der Waals surface area contributed by atoms with Crippen molar-refractivity contribution in [2.45, 2.75) is 33.1 Å². The fraction of sp³-hybridized carbons (Fsp3) is 1.00. The molecule has 0 radical (unpaired) electrons. The Bertz CT molecular complexity index is 141. The third kappa shape index (κ3) is 8.87. The molecule has 0 saturated heterocycles. The number of unbranched alkanes of at least 4 members (excludes halogenated alkanes) is 1. The minimum atomic E-state index is -3.22. The predicted octanol–water partition coefficient (Wildman–Crippen LogP) is 2.40. The number of rotatable bonds is 6. The average molecular weight is 246 g/mol. The van der Waals surface area contributed by atoms with Gasteiger partial charge in [-0.3, -0.25) is 4.57 Å². The maximum Gasteiger partial charge on any atom is 0.328 e. The molecule has 1 N–H and O–H groups in total. The van der Waals surface area contributed by atoms with Crippen LogP contribution < -0.4 is 0 Å². The Balaban J connectivity index is 0. The third-order valence-corrected chi connectivity index (χ3v) is 2.90. The van der Waals surface area contributed by atoms with Crippen molar-refractivity contribution in [3.63, 3.8) is 0 Å². The molecule has 70 valence electrons. The van der Waals surface area contributed by atoms with Crippen molar-refractivity contribution in [3.8, 4) is 0 Å². The van der Waals surface area contributed by atoms with Gasteiger partial charge in [0.05, 0.1) is 6.61 Å². The molecular formula is C7H17O3PZn. The molecule has 0 fully saturated rings. The van der Waals surface area contributed by atoms with Gasteiger partial charge < -0.3 is 9.42 Å². The van der Waals surface area contributed by atoms with Gasteiger partial charge >= 0.3 is 7.60 Å². The van der Waals surface area contributed by atoms with Gasteiger partial charge in [-0.1, -0.05) is 20.3 Å². The standard InChI is InChI=1S/C7H17O3P.Zn/c1-3-5-6-10-11(8,9)7-4-2;/h3-7H2,1-2H3,(H,8,9);. The van der Waals surface area contributed by atoms with Gasteiger partial charge in [0.1, 0.15) is 0 Å². The molecule has 0 aromatic carbocycles. The van der Waals surface area contributed by atoms with Crippen molar-refractivity contribution in [3.05, 3.63) is 0 Å². The van der Waals surface area contributed by atoms with Crippen molar-refractivity contribution in [2.75, 3.05) is 12.8 Å². The molecule has 0 aromatic rings. The summed E-state index contributed by atoms with van der Waals surface area (Å²) in [5.41, 5.74) is 0. The Kier molecular flexibility index (Phi) is 10.6. The van der Waals surface area contributed by atoms with Gasteiger partial charge in [0.2, 0.25) is 0 Å². The predicted molar refractivity (Wildman–Crippen MR) is 45.8 cm³/mol. The summed E-state index contributed by atoms with van der Waals surface area (Å²) in [7, 11) is -3.22. The molecule has 0 aliphatic rings. The molecule has 3 nitrogen and oxygen atoms in total. The van der Waals surface area contributed by atoms with E-state index in [0.29, 0.717) is 13.0 Å². The fourth-order valence-corrected chi connectivity index (χ4v) is 1.81. The molecule has 0 saturated carbocycles. The molecule has 0 spiro atoms. The van der Waals surface area contributed by atoms with E-state index in [4.69, 9.17) is 9.42 Å². The molecule has 5 heteroatoms. The topological polar surface area (TPSA) is 46.5 Å². The second kappa shape index (κ2) is 8.38. The van der Waals surface area contributed by atoms with Crippen LogP contribution in [0.2, 0.25) is 0 Å². The average Bonchev–Trinajstić information content (AvgIpc) is 1.87. The molecule has 1 unspecified atom stereocenters. The second-order valence-corrected chi connectivity index (χ2v) is 4.53. The zero-order chi connectivity index (χ0) is 8.74. The van der Waals surface area contributed by atoms with Crippen LogP contribution in [-0.4, -0.2) is 17.7 Å². The monoisotopic (exact) mass is 244 g/mol. The van der Waals surface area contributed by atoms with Crippen LogP contribution in [-0.2, 0) is 28.6 Å². The molecule has 0 bridgehead atoms. The molecular weight excluding hydrogens is 228 g/mol. The SMILES string of the molecule is CCCCOP(=O)(O)CCC.[Zn]. The summed E-state index contributed by atoms with van der Waals surface area (Å²) in [6, 6.07) is 0. The Morgan fingerprint density at radius 3 is 2.33 bits per heavy atom. The van der Waals surface area contributed by atoms with Crippen LogP contribution in [0.15, 0.2) is 0 Å². The van der Waals surface area contributed by atoms with Crippen LogP contribution in [0.1, 0.15) is 33.1 Å². The van der Waals surface area contributed by atoms with Crippen LogP contribution in [0, 0.1) is 0 Å². The van der Waals surface area contributed by atoms with E-state index in [9.17, 15) is 4.57 Å². The maximum atomic E-state index is 11.0. The molecule has 0 aromatic heterocycles. The minimum absolute atomic E-state index is 0. The van der Waals surface area contributed by atoms with Gasteiger partial charge in [0, 0.05) is 25.6 Å². The van der Waals surface area contributed by atoms with Crippen molar-refractivity contribution in [1.29, 1.82) is 0 Å². The molecule has 0 aliphatic carbocycles. The van der Waals surface area contributed by atoms with E-state index >= 15 is 0 Å².